The Morgan fingerprint density at radius 2 is 0.800 bits per heavy atom. The molecular formula is C53H56BF2N3O. The monoisotopic (exact) mass is 799 g/mol. The molecule has 0 amide bonds. The average molecular weight is 800 g/mol. The van der Waals surface area contributed by atoms with Gasteiger partial charge in [-0.25, -0.2) is 8.63 Å². The molecule has 0 bridgehead atoms. The van der Waals surface area contributed by atoms with E-state index in [9.17, 15) is 8.63 Å². The molecule has 0 aliphatic rings. The number of aromatic nitrogens is 2. The van der Waals surface area contributed by atoms with Crippen molar-refractivity contribution in [3.63, 3.8) is 0 Å². The van der Waals surface area contributed by atoms with E-state index < -0.39 is 7.47 Å². The van der Waals surface area contributed by atoms with E-state index >= 15 is 0 Å². The fourth-order valence-electron chi connectivity index (χ4n) is 8.27. The molecule has 0 spiro atoms. The van der Waals surface area contributed by atoms with Crippen molar-refractivity contribution in [3.05, 3.63) is 143 Å². The maximum atomic E-state index is 14.0. The van der Waals surface area contributed by atoms with Crippen LogP contribution in [0.15, 0.2) is 120 Å². The molecule has 8 aromatic rings. The van der Waals surface area contributed by atoms with Gasteiger partial charge in [0.15, 0.2) is 0 Å². The Morgan fingerprint density at radius 1 is 0.450 bits per heavy atom. The second-order valence-electron chi connectivity index (χ2n) is 20.5. The van der Waals surface area contributed by atoms with E-state index in [4.69, 9.17) is 9.65 Å². The normalized spacial score (nSPS) is 13.1. The molecule has 2 aromatic heterocycles. The highest BCUT2D eigenvalue weighted by atomic mass is 19.2. The van der Waals surface area contributed by atoms with Crippen LogP contribution in [0.3, 0.4) is 0 Å². The number of rotatable bonds is 6. The van der Waals surface area contributed by atoms with Gasteiger partial charge in [-0.15, -0.1) is 0 Å². The van der Waals surface area contributed by atoms with Crippen LogP contribution in [0, 0.1) is 0 Å². The fourth-order valence-corrected chi connectivity index (χ4v) is 8.27. The van der Waals surface area contributed by atoms with Gasteiger partial charge in [0, 0.05) is 50.8 Å². The maximum absolute atomic E-state index is 14.0. The zero-order valence-electron chi connectivity index (χ0n) is 37.1. The molecule has 8 rings (SSSR count). The summed E-state index contributed by atoms with van der Waals surface area (Å²) in [6.07, 6.45) is 1.61. The van der Waals surface area contributed by atoms with Crippen LogP contribution in [-0.4, -0.2) is 22.8 Å². The van der Waals surface area contributed by atoms with Gasteiger partial charge in [-0.3, -0.25) is 4.99 Å². The first-order valence-electron chi connectivity index (χ1n) is 21.0. The number of aliphatic imine (C=N–C) groups is 1. The van der Waals surface area contributed by atoms with Crippen LogP contribution in [0.2, 0.25) is 0 Å². The van der Waals surface area contributed by atoms with E-state index in [0.717, 1.165) is 44.2 Å². The lowest BCUT2D eigenvalue weighted by Crippen LogP contribution is -2.11. The summed E-state index contributed by atoms with van der Waals surface area (Å²) in [6.45, 7) is 26.8. The summed E-state index contributed by atoms with van der Waals surface area (Å²) in [5, 5.41) is 4.70. The van der Waals surface area contributed by atoms with Gasteiger partial charge in [0.1, 0.15) is 5.75 Å². The summed E-state index contributed by atoms with van der Waals surface area (Å²) < 4.78 is 37.7. The quantitative estimate of drug-likeness (QED) is 0.122. The highest BCUT2D eigenvalue weighted by Crippen LogP contribution is 2.40. The summed E-state index contributed by atoms with van der Waals surface area (Å²) >= 11 is 0. The molecule has 0 aliphatic heterocycles. The highest BCUT2D eigenvalue weighted by molar-refractivity contribution is 6.35. The fraction of sp³-hybridized carbons (Fsp3) is 0.302. The van der Waals surface area contributed by atoms with Crippen LogP contribution in [0.1, 0.15) is 111 Å². The van der Waals surface area contributed by atoms with Gasteiger partial charge in [0.05, 0.1) is 27.8 Å². The van der Waals surface area contributed by atoms with E-state index in [1.807, 2.05) is 24.3 Å². The van der Waals surface area contributed by atoms with Crippen LogP contribution in [0.25, 0.3) is 55.0 Å². The minimum Gasteiger partial charge on any atom is -0.505 e. The summed E-state index contributed by atoms with van der Waals surface area (Å²) in [5.41, 5.74) is 12.2. The zero-order chi connectivity index (χ0) is 43.1. The first kappa shape index (κ1) is 41.1. The molecule has 0 radical (unpaired) electrons. The van der Waals surface area contributed by atoms with Crippen molar-refractivity contribution in [1.29, 1.82) is 0 Å². The molecule has 4 nitrogen and oxygen atoms in total. The predicted molar refractivity (Wildman–Crippen MR) is 252 cm³/mol. The van der Waals surface area contributed by atoms with Crippen molar-refractivity contribution >= 4 is 63.0 Å². The van der Waals surface area contributed by atoms with Crippen molar-refractivity contribution in [2.24, 2.45) is 4.99 Å². The molecule has 0 unspecified atom stereocenters. The van der Waals surface area contributed by atoms with Crippen molar-refractivity contribution in [2.75, 3.05) is 0 Å². The lowest BCUT2D eigenvalue weighted by atomic mass is 9.85. The van der Waals surface area contributed by atoms with Crippen LogP contribution < -0.4 is 4.65 Å². The standard InChI is InChI=1S/C53H56BF2N3O/c1-50(2,3)34-14-23-45-41(27-34)42-28-35(51(4,5)6)15-24-46(42)58(45)39-21-18-38(19-22-39)57-32-33-13-20-40(31-49(33)60-54(55)56)59-47-25-16-36(52(7,8)9)29-43(47)44-30-37(53(10,11)12)17-26-48(44)59/h13-32H,1-12H3. The van der Waals surface area contributed by atoms with Crippen molar-refractivity contribution in [2.45, 2.75) is 105 Å². The average Bonchev–Trinajstić information content (AvgIpc) is 3.67. The van der Waals surface area contributed by atoms with E-state index in [1.165, 1.54) is 33.0 Å². The molecule has 7 heteroatoms. The predicted octanol–water partition coefficient (Wildman–Crippen LogP) is 15.1. The lowest BCUT2D eigenvalue weighted by Gasteiger charge is -2.19. The highest BCUT2D eigenvalue weighted by Gasteiger charge is 2.24. The summed E-state index contributed by atoms with van der Waals surface area (Å²) in [7, 11) is -3.00. The Labute approximate surface area is 354 Å². The topological polar surface area (TPSA) is 31.4 Å². The first-order valence-corrected chi connectivity index (χ1v) is 21.0. The van der Waals surface area contributed by atoms with Crippen molar-refractivity contribution < 1.29 is 13.3 Å². The zero-order valence-corrected chi connectivity index (χ0v) is 37.1. The molecule has 0 fully saturated rings. The van der Waals surface area contributed by atoms with Gasteiger partial charge < -0.3 is 13.8 Å². The van der Waals surface area contributed by atoms with Crippen LogP contribution in [0.4, 0.5) is 14.3 Å². The first-order chi connectivity index (χ1) is 28.1. The Bertz CT molecular complexity index is 2820. The van der Waals surface area contributed by atoms with Gasteiger partial charge in [-0.1, -0.05) is 107 Å². The Morgan fingerprint density at radius 3 is 1.15 bits per heavy atom. The number of benzene rings is 6. The Balaban J connectivity index is 1.18. The molecule has 60 heavy (non-hydrogen) atoms. The number of hydrogen-bond donors (Lipinski definition) is 0. The minimum absolute atomic E-state index is 0.0163. The second kappa shape index (κ2) is 14.5. The number of nitrogens with zero attached hydrogens (tertiary/aromatic N) is 3. The van der Waals surface area contributed by atoms with Crippen LogP contribution >= 0.6 is 0 Å². The number of halogens is 2. The SMILES string of the molecule is CC(C)(C)c1ccc2c(c1)c1cc(C(C)(C)C)ccc1n2-c1ccc(N=Cc2ccc(-n3c4ccc(C(C)(C)C)cc4c4cc(C(C)(C)C)ccc43)cc2OB(F)F)cc1. The van der Waals surface area contributed by atoms with Crippen LogP contribution in [-0.2, 0) is 21.7 Å². The summed E-state index contributed by atoms with van der Waals surface area (Å²) in [6, 6.07) is 40.3. The van der Waals surface area contributed by atoms with Gasteiger partial charge in [0.25, 0.3) is 0 Å². The molecule has 2 heterocycles. The molecule has 306 valence electrons. The van der Waals surface area contributed by atoms with Crippen LogP contribution in [0.5, 0.6) is 5.75 Å². The molecule has 0 aliphatic carbocycles. The largest absolute Gasteiger partial charge is 0.796 e. The third-order valence-corrected chi connectivity index (χ3v) is 11.9. The Hall–Kier alpha value is -5.69. The van der Waals surface area contributed by atoms with Crippen molar-refractivity contribution in [1.82, 2.24) is 9.13 Å². The van der Waals surface area contributed by atoms with Gasteiger partial charge >= 0.3 is 7.47 Å². The summed E-state index contributed by atoms with van der Waals surface area (Å²) in [4.78, 5) is 4.76. The lowest BCUT2D eigenvalue weighted by molar-refractivity contribution is 0.425. The van der Waals surface area contributed by atoms with E-state index in [0.29, 0.717) is 11.3 Å². The van der Waals surface area contributed by atoms with E-state index in [1.54, 1.807) is 12.3 Å². The number of fused-ring (bicyclic) bond motifs is 6. The molecule has 6 aromatic carbocycles. The van der Waals surface area contributed by atoms with Crippen molar-refractivity contribution in [3.8, 4) is 17.1 Å². The number of hydrogen-bond acceptors (Lipinski definition) is 2. The third kappa shape index (κ3) is 7.64. The van der Waals surface area contributed by atoms with E-state index in [-0.39, 0.29) is 27.4 Å². The molecular weight excluding hydrogens is 743 g/mol. The minimum atomic E-state index is -3.00. The second-order valence-corrected chi connectivity index (χ2v) is 20.5. The molecule has 0 saturated carbocycles. The molecule has 0 saturated heterocycles. The smallest absolute Gasteiger partial charge is 0.505 e. The Kier molecular flexibility index (Phi) is 9.92. The summed E-state index contributed by atoms with van der Waals surface area (Å²) in [5.74, 6) is 0.0602. The molecule has 0 N–H and O–H groups in total. The van der Waals surface area contributed by atoms with Gasteiger partial charge in [0.2, 0.25) is 0 Å². The molecule has 0 atom stereocenters. The van der Waals surface area contributed by atoms with Gasteiger partial charge in [-0.05, 0) is 129 Å². The van der Waals surface area contributed by atoms with E-state index in [2.05, 4.69) is 177 Å². The maximum Gasteiger partial charge on any atom is 0.796 e. The third-order valence-electron chi connectivity index (χ3n) is 11.9. The van der Waals surface area contributed by atoms with Gasteiger partial charge in [-0.2, -0.15) is 0 Å².